The number of para-hydroxylation sites is 1. The third-order valence-electron chi connectivity index (χ3n) is 4.65. The molecule has 1 aliphatic heterocycles. The maximum Gasteiger partial charge on any atom is 0.151 e. The van der Waals surface area contributed by atoms with Crippen molar-refractivity contribution < 1.29 is 4.74 Å². The fraction of sp³-hybridized carbons (Fsp3) is 0.368. The van der Waals surface area contributed by atoms with Crippen LogP contribution in [-0.4, -0.2) is 25.7 Å². The lowest BCUT2D eigenvalue weighted by Gasteiger charge is -2.37. The molecule has 2 N–H and O–H groups in total. The second kappa shape index (κ2) is 6.06. The molecule has 2 aromatic carbocycles. The summed E-state index contributed by atoms with van der Waals surface area (Å²) in [7, 11) is 0. The quantitative estimate of drug-likeness (QED) is 0.923. The van der Waals surface area contributed by atoms with E-state index in [4.69, 9.17) is 22.1 Å². The van der Waals surface area contributed by atoms with Gasteiger partial charge in [0.1, 0.15) is 6.10 Å². The number of halogens is 1. The van der Waals surface area contributed by atoms with Gasteiger partial charge < -0.3 is 15.4 Å². The van der Waals surface area contributed by atoms with E-state index in [1.54, 1.807) is 0 Å². The summed E-state index contributed by atoms with van der Waals surface area (Å²) < 4.78 is 6.23. The van der Waals surface area contributed by atoms with E-state index in [1.165, 1.54) is 18.5 Å². The Balaban J connectivity index is 1.79. The molecule has 0 radical (unpaired) electrons. The molecule has 0 spiro atoms. The minimum Gasteiger partial charge on any atom is -0.484 e. The van der Waals surface area contributed by atoms with Gasteiger partial charge in [-0.3, -0.25) is 0 Å². The zero-order valence-electron chi connectivity index (χ0n) is 13.0. The third kappa shape index (κ3) is 2.91. The molecule has 2 aliphatic rings. The molecule has 4 heteroatoms. The van der Waals surface area contributed by atoms with Crippen molar-refractivity contribution in [3.63, 3.8) is 0 Å². The highest BCUT2D eigenvalue weighted by atomic mass is 35.5. The molecule has 1 aliphatic carbocycles. The van der Waals surface area contributed by atoms with Gasteiger partial charge in [-0.2, -0.15) is 0 Å². The van der Waals surface area contributed by atoms with Gasteiger partial charge in [-0.05, 0) is 30.9 Å². The van der Waals surface area contributed by atoms with Crippen molar-refractivity contribution in [1.29, 1.82) is 0 Å². The molecule has 3 nitrogen and oxygen atoms in total. The Bertz CT molecular complexity index is 714. The van der Waals surface area contributed by atoms with Gasteiger partial charge in [0.15, 0.2) is 5.75 Å². The molecule has 1 atom stereocenters. The van der Waals surface area contributed by atoms with Crippen molar-refractivity contribution in [2.45, 2.75) is 18.9 Å². The van der Waals surface area contributed by atoms with Crippen LogP contribution in [0, 0.1) is 5.92 Å². The summed E-state index contributed by atoms with van der Waals surface area (Å²) in [6, 6.07) is 14.2. The highest BCUT2D eigenvalue weighted by Crippen LogP contribution is 2.44. The SMILES string of the molecule is NC[C@@H]1CN(CC2CC2)c2cccc(-c3ccccc3Cl)c2O1. The van der Waals surface area contributed by atoms with Gasteiger partial charge in [0, 0.05) is 29.2 Å². The molecule has 0 bridgehead atoms. The molecular formula is C19H21ClN2O. The van der Waals surface area contributed by atoms with Crippen LogP contribution in [0.3, 0.4) is 0 Å². The first-order valence-electron chi connectivity index (χ1n) is 8.26. The van der Waals surface area contributed by atoms with Crippen LogP contribution in [-0.2, 0) is 0 Å². The highest BCUT2D eigenvalue weighted by molar-refractivity contribution is 6.33. The first-order valence-corrected chi connectivity index (χ1v) is 8.63. The average molecular weight is 329 g/mol. The molecule has 1 saturated carbocycles. The smallest absolute Gasteiger partial charge is 0.151 e. The summed E-state index contributed by atoms with van der Waals surface area (Å²) >= 11 is 6.41. The summed E-state index contributed by atoms with van der Waals surface area (Å²) in [6.45, 7) is 2.49. The predicted octanol–water partition coefficient (Wildman–Crippen LogP) is 3.94. The average Bonchev–Trinajstić information content (AvgIpc) is 3.39. The van der Waals surface area contributed by atoms with E-state index in [1.807, 2.05) is 24.3 Å². The Kier molecular flexibility index (Phi) is 3.92. The van der Waals surface area contributed by atoms with Gasteiger partial charge in [-0.25, -0.2) is 0 Å². The molecule has 1 fully saturated rings. The number of nitrogens with two attached hydrogens (primary N) is 1. The predicted molar refractivity (Wildman–Crippen MR) is 95.3 cm³/mol. The van der Waals surface area contributed by atoms with Crippen molar-refractivity contribution in [2.24, 2.45) is 11.7 Å². The highest BCUT2D eigenvalue weighted by Gasteiger charge is 2.32. The summed E-state index contributed by atoms with van der Waals surface area (Å²) in [5.74, 6) is 1.74. The Morgan fingerprint density at radius 3 is 2.61 bits per heavy atom. The molecule has 120 valence electrons. The first kappa shape index (κ1) is 14.9. The Labute approximate surface area is 142 Å². The van der Waals surface area contributed by atoms with Gasteiger partial charge in [-0.1, -0.05) is 41.9 Å². The topological polar surface area (TPSA) is 38.5 Å². The second-order valence-corrected chi connectivity index (χ2v) is 6.86. The van der Waals surface area contributed by atoms with Crippen LogP contribution in [0.2, 0.25) is 5.02 Å². The van der Waals surface area contributed by atoms with E-state index in [2.05, 4.69) is 23.1 Å². The maximum atomic E-state index is 6.41. The largest absolute Gasteiger partial charge is 0.484 e. The van der Waals surface area contributed by atoms with Gasteiger partial charge in [0.2, 0.25) is 0 Å². The maximum absolute atomic E-state index is 6.41. The summed E-state index contributed by atoms with van der Waals surface area (Å²) in [5, 5.41) is 0.744. The van der Waals surface area contributed by atoms with E-state index >= 15 is 0 Å². The summed E-state index contributed by atoms with van der Waals surface area (Å²) in [5.41, 5.74) is 9.13. The van der Waals surface area contributed by atoms with Crippen LogP contribution in [0.25, 0.3) is 11.1 Å². The Morgan fingerprint density at radius 1 is 1.09 bits per heavy atom. The Morgan fingerprint density at radius 2 is 1.87 bits per heavy atom. The van der Waals surface area contributed by atoms with Crippen molar-refractivity contribution in [3.8, 4) is 16.9 Å². The summed E-state index contributed by atoms with van der Waals surface area (Å²) in [4.78, 5) is 2.44. The number of rotatable bonds is 4. The molecule has 0 aromatic heterocycles. The normalized spacial score (nSPS) is 20.1. The van der Waals surface area contributed by atoms with E-state index in [9.17, 15) is 0 Å². The van der Waals surface area contributed by atoms with Crippen molar-refractivity contribution in [1.82, 2.24) is 0 Å². The van der Waals surface area contributed by atoms with Crippen molar-refractivity contribution in [3.05, 3.63) is 47.5 Å². The third-order valence-corrected chi connectivity index (χ3v) is 4.98. The standard InChI is InChI=1S/C19H21ClN2O/c20-17-6-2-1-4-15(17)16-5-3-7-18-19(16)23-14(10-21)12-22(18)11-13-8-9-13/h1-7,13-14H,8-12,21H2/t14-/m1/s1. The van der Waals surface area contributed by atoms with Crippen LogP contribution in [0.1, 0.15) is 12.8 Å². The van der Waals surface area contributed by atoms with E-state index < -0.39 is 0 Å². The molecule has 23 heavy (non-hydrogen) atoms. The lowest BCUT2D eigenvalue weighted by Crippen LogP contribution is -2.44. The molecule has 4 rings (SSSR count). The van der Waals surface area contributed by atoms with Crippen molar-refractivity contribution >= 4 is 17.3 Å². The van der Waals surface area contributed by atoms with Gasteiger partial charge in [-0.15, -0.1) is 0 Å². The van der Waals surface area contributed by atoms with Crippen molar-refractivity contribution in [2.75, 3.05) is 24.5 Å². The summed E-state index contributed by atoms with van der Waals surface area (Å²) in [6.07, 6.45) is 2.71. The minimum absolute atomic E-state index is 0.0323. The second-order valence-electron chi connectivity index (χ2n) is 6.46. The first-order chi connectivity index (χ1) is 11.3. The number of ether oxygens (including phenoxy) is 1. The number of anilines is 1. The lowest BCUT2D eigenvalue weighted by molar-refractivity contribution is 0.201. The van der Waals surface area contributed by atoms with Crippen LogP contribution in [0.15, 0.2) is 42.5 Å². The zero-order valence-corrected chi connectivity index (χ0v) is 13.8. The van der Waals surface area contributed by atoms with Crippen LogP contribution in [0.4, 0.5) is 5.69 Å². The zero-order chi connectivity index (χ0) is 15.8. The number of benzene rings is 2. The molecule has 2 aromatic rings. The van der Waals surface area contributed by atoms with E-state index in [0.29, 0.717) is 6.54 Å². The number of nitrogens with zero attached hydrogens (tertiary/aromatic N) is 1. The number of hydrogen-bond acceptors (Lipinski definition) is 3. The number of fused-ring (bicyclic) bond motifs is 1. The van der Waals surface area contributed by atoms with Gasteiger partial charge >= 0.3 is 0 Å². The number of hydrogen-bond donors (Lipinski definition) is 1. The molecule has 1 heterocycles. The van der Waals surface area contributed by atoms with Crippen LogP contribution >= 0.6 is 11.6 Å². The van der Waals surface area contributed by atoms with E-state index in [-0.39, 0.29) is 6.10 Å². The monoisotopic (exact) mass is 328 g/mol. The van der Waals surface area contributed by atoms with Crippen LogP contribution < -0.4 is 15.4 Å². The Hall–Kier alpha value is -1.71. The van der Waals surface area contributed by atoms with Crippen LogP contribution in [0.5, 0.6) is 5.75 Å². The minimum atomic E-state index is 0.0323. The fourth-order valence-electron chi connectivity index (χ4n) is 3.25. The van der Waals surface area contributed by atoms with Gasteiger partial charge in [0.25, 0.3) is 0 Å². The fourth-order valence-corrected chi connectivity index (χ4v) is 3.48. The van der Waals surface area contributed by atoms with Gasteiger partial charge in [0.05, 0.1) is 12.2 Å². The molecule has 0 unspecified atom stereocenters. The molecule has 0 saturated heterocycles. The van der Waals surface area contributed by atoms with E-state index in [0.717, 1.165) is 40.9 Å². The molecular weight excluding hydrogens is 308 g/mol. The lowest BCUT2D eigenvalue weighted by atomic mass is 10.0. The molecule has 0 amide bonds.